The summed E-state index contributed by atoms with van der Waals surface area (Å²) in [4.78, 5) is 27.2. The van der Waals surface area contributed by atoms with Crippen LogP contribution in [0, 0.1) is 0 Å². The van der Waals surface area contributed by atoms with Crippen LogP contribution in [0.3, 0.4) is 0 Å². The molecule has 0 aliphatic heterocycles. The molecular weight excluding hydrogens is 338 g/mol. The number of amides is 2. The fourth-order valence-electron chi connectivity index (χ4n) is 2.02. The van der Waals surface area contributed by atoms with Gasteiger partial charge in [0.05, 0.1) is 5.69 Å². The normalized spacial score (nSPS) is 10.7. The third kappa shape index (κ3) is 3.33. The van der Waals surface area contributed by atoms with Crippen molar-refractivity contribution in [2.45, 2.75) is 6.92 Å². The molecule has 2 N–H and O–H groups in total. The third-order valence-corrected chi connectivity index (χ3v) is 4.01. The molecule has 0 saturated carbocycles. The van der Waals surface area contributed by atoms with Gasteiger partial charge in [-0.1, -0.05) is 12.1 Å². The van der Waals surface area contributed by atoms with Crippen molar-refractivity contribution in [3.8, 4) is 11.3 Å². The van der Waals surface area contributed by atoms with Crippen LogP contribution in [0.1, 0.15) is 6.92 Å². The van der Waals surface area contributed by atoms with Gasteiger partial charge in [-0.15, -0.1) is 28.0 Å². The lowest BCUT2D eigenvalue weighted by Crippen LogP contribution is -2.13. The highest BCUT2D eigenvalue weighted by Gasteiger charge is 2.13. The first kappa shape index (κ1) is 15.4. The van der Waals surface area contributed by atoms with Gasteiger partial charge in [0.2, 0.25) is 22.7 Å². The Kier molecular flexibility index (Phi) is 4.26. The van der Waals surface area contributed by atoms with Gasteiger partial charge in [-0.3, -0.25) is 14.9 Å². The van der Waals surface area contributed by atoms with Gasteiger partial charge in [-0.25, -0.2) is 4.52 Å². The highest BCUT2D eigenvalue weighted by Crippen LogP contribution is 2.26. The number of hydrogen-bond donors (Lipinski definition) is 2. The van der Waals surface area contributed by atoms with Crippen LogP contribution in [0.4, 0.5) is 11.6 Å². The summed E-state index contributed by atoms with van der Waals surface area (Å²) in [6.45, 7) is 1.46. The SMILES string of the molecule is CC(=O)Nc1ccc(-c2csc3nc(NC(=O)CCl)nn23)cc1. The van der Waals surface area contributed by atoms with E-state index in [4.69, 9.17) is 11.6 Å². The van der Waals surface area contributed by atoms with Crippen molar-refractivity contribution in [1.29, 1.82) is 0 Å². The molecular formula is C14H12ClN5O2S. The van der Waals surface area contributed by atoms with E-state index in [1.54, 1.807) is 4.52 Å². The minimum atomic E-state index is -0.355. The average Bonchev–Trinajstić information content (AvgIpc) is 3.07. The number of hydrogen-bond acceptors (Lipinski definition) is 5. The van der Waals surface area contributed by atoms with Crippen LogP contribution in [0.25, 0.3) is 16.2 Å². The minimum absolute atomic E-state index is 0.119. The summed E-state index contributed by atoms with van der Waals surface area (Å²) in [6, 6.07) is 7.39. The Morgan fingerprint density at radius 3 is 2.65 bits per heavy atom. The van der Waals surface area contributed by atoms with Gasteiger partial charge in [0, 0.05) is 23.6 Å². The molecule has 23 heavy (non-hydrogen) atoms. The minimum Gasteiger partial charge on any atom is -0.326 e. The van der Waals surface area contributed by atoms with Crippen molar-refractivity contribution in [2.75, 3.05) is 16.5 Å². The van der Waals surface area contributed by atoms with E-state index in [1.807, 2.05) is 29.6 Å². The summed E-state index contributed by atoms with van der Waals surface area (Å²) in [6.07, 6.45) is 0. The zero-order valence-electron chi connectivity index (χ0n) is 12.0. The fourth-order valence-corrected chi connectivity index (χ4v) is 2.92. The Bertz CT molecular complexity index is 871. The van der Waals surface area contributed by atoms with E-state index >= 15 is 0 Å². The number of nitrogens with one attached hydrogen (secondary N) is 2. The number of carbonyl (C=O) groups excluding carboxylic acids is 2. The molecule has 0 spiro atoms. The van der Waals surface area contributed by atoms with E-state index < -0.39 is 0 Å². The van der Waals surface area contributed by atoms with Crippen LogP contribution in [0.15, 0.2) is 29.6 Å². The first-order valence-corrected chi connectivity index (χ1v) is 8.06. The van der Waals surface area contributed by atoms with Crippen molar-refractivity contribution >= 4 is 51.3 Å². The molecule has 0 aliphatic carbocycles. The summed E-state index contributed by atoms with van der Waals surface area (Å²) < 4.78 is 1.65. The maximum absolute atomic E-state index is 11.3. The van der Waals surface area contributed by atoms with E-state index in [-0.39, 0.29) is 23.6 Å². The summed E-state index contributed by atoms with van der Waals surface area (Å²) in [5.74, 6) is -0.402. The molecule has 118 valence electrons. The van der Waals surface area contributed by atoms with Gasteiger partial charge in [-0.2, -0.15) is 4.98 Å². The Morgan fingerprint density at radius 2 is 2.00 bits per heavy atom. The number of aromatic nitrogens is 3. The second-order valence-electron chi connectivity index (χ2n) is 4.69. The number of anilines is 2. The summed E-state index contributed by atoms with van der Waals surface area (Å²) >= 11 is 6.87. The van der Waals surface area contributed by atoms with Gasteiger partial charge in [0.25, 0.3) is 0 Å². The zero-order chi connectivity index (χ0) is 16.4. The maximum atomic E-state index is 11.3. The fraction of sp³-hybridized carbons (Fsp3) is 0.143. The number of halogens is 1. The van der Waals surface area contributed by atoms with E-state index in [9.17, 15) is 9.59 Å². The molecule has 2 aromatic heterocycles. The molecule has 3 rings (SSSR count). The topological polar surface area (TPSA) is 88.4 Å². The summed E-state index contributed by atoms with van der Waals surface area (Å²) in [5, 5.41) is 11.4. The smallest absolute Gasteiger partial charge is 0.250 e. The monoisotopic (exact) mass is 349 g/mol. The maximum Gasteiger partial charge on any atom is 0.250 e. The molecule has 0 unspecified atom stereocenters. The lowest BCUT2D eigenvalue weighted by Gasteiger charge is -2.03. The number of carbonyl (C=O) groups is 2. The number of nitrogens with zero attached hydrogens (tertiary/aromatic N) is 3. The third-order valence-electron chi connectivity index (χ3n) is 2.96. The Balaban J connectivity index is 1.90. The summed E-state index contributed by atoms with van der Waals surface area (Å²) in [5.41, 5.74) is 2.49. The second-order valence-corrected chi connectivity index (χ2v) is 5.79. The van der Waals surface area contributed by atoms with E-state index in [2.05, 4.69) is 20.7 Å². The van der Waals surface area contributed by atoms with Crippen molar-refractivity contribution in [3.63, 3.8) is 0 Å². The van der Waals surface area contributed by atoms with Crippen molar-refractivity contribution < 1.29 is 9.59 Å². The molecule has 3 aromatic rings. The van der Waals surface area contributed by atoms with Crippen LogP contribution in [-0.4, -0.2) is 32.3 Å². The summed E-state index contributed by atoms with van der Waals surface area (Å²) in [7, 11) is 0. The lowest BCUT2D eigenvalue weighted by atomic mass is 10.1. The standard InChI is InChI=1S/C14H12ClN5O2S/c1-8(21)16-10-4-2-9(3-5-10)11-7-23-14-18-13(19-20(11)14)17-12(22)6-15/h2-5,7H,6H2,1H3,(H,16,21)(H,17,19,22). The van der Waals surface area contributed by atoms with Gasteiger partial charge >= 0.3 is 0 Å². The highest BCUT2D eigenvalue weighted by molar-refractivity contribution is 7.15. The van der Waals surface area contributed by atoms with E-state index in [0.29, 0.717) is 4.96 Å². The molecule has 7 nitrogen and oxygen atoms in total. The number of benzene rings is 1. The molecule has 9 heteroatoms. The van der Waals surface area contributed by atoms with Crippen molar-refractivity contribution in [1.82, 2.24) is 14.6 Å². The van der Waals surface area contributed by atoms with Crippen LogP contribution in [0.2, 0.25) is 0 Å². The van der Waals surface area contributed by atoms with Crippen LogP contribution in [0.5, 0.6) is 0 Å². The molecule has 0 aliphatic rings. The molecule has 2 heterocycles. The van der Waals surface area contributed by atoms with Gasteiger partial charge in [-0.05, 0) is 12.1 Å². The van der Waals surface area contributed by atoms with Gasteiger partial charge < -0.3 is 5.32 Å². The zero-order valence-corrected chi connectivity index (χ0v) is 13.6. The number of alkyl halides is 1. The molecule has 0 radical (unpaired) electrons. The molecule has 2 amide bonds. The Hall–Kier alpha value is -2.45. The largest absolute Gasteiger partial charge is 0.326 e. The van der Waals surface area contributed by atoms with E-state index in [0.717, 1.165) is 16.9 Å². The number of fused-ring (bicyclic) bond motifs is 1. The van der Waals surface area contributed by atoms with Crippen LogP contribution < -0.4 is 10.6 Å². The Morgan fingerprint density at radius 1 is 1.26 bits per heavy atom. The first-order chi connectivity index (χ1) is 11.1. The predicted molar refractivity (Wildman–Crippen MR) is 90.0 cm³/mol. The number of thiazole rings is 1. The molecule has 0 fully saturated rings. The van der Waals surface area contributed by atoms with Crippen LogP contribution in [-0.2, 0) is 9.59 Å². The van der Waals surface area contributed by atoms with Crippen LogP contribution >= 0.6 is 22.9 Å². The van der Waals surface area contributed by atoms with E-state index in [1.165, 1.54) is 18.3 Å². The molecule has 0 atom stereocenters. The highest BCUT2D eigenvalue weighted by atomic mass is 35.5. The molecule has 0 bridgehead atoms. The average molecular weight is 350 g/mol. The first-order valence-electron chi connectivity index (χ1n) is 6.65. The Labute approximate surface area is 140 Å². The van der Waals surface area contributed by atoms with Crippen molar-refractivity contribution in [2.24, 2.45) is 0 Å². The molecule has 0 saturated heterocycles. The second kappa shape index (κ2) is 6.35. The van der Waals surface area contributed by atoms with Gasteiger partial charge in [0.1, 0.15) is 5.88 Å². The predicted octanol–water partition coefficient (Wildman–Crippen LogP) is 2.59. The molecule has 1 aromatic carbocycles. The quantitative estimate of drug-likeness (QED) is 0.708. The van der Waals surface area contributed by atoms with Crippen molar-refractivity contribution in [3.05, 3.63) is 29.6 Å². The van der Waals surface area contributed by atoms with Gasteiger partial charge in [0.15, 0.2) is 0 Å². The lowest BCUT2D eigenvalue weighted by molar-refractivity contribution is -0.114. The number of rotatable bonds is 4.